The highest BCUT2D eigenvalue weighted by atomic mass is 16.7. The molecular formula is C12H15NO3. The number of nitrogens with zero attached hydrogens (tertiary/aromatic N) is 1. The van der Waals surface area contributed by atoms with E-state index >= 15 is 0 Å². The molecule has 1 unspecified atom stereocenters. The standard InChI is InChI=1S/C12H15NO3/c1-3-4-12(16-9-15-2)11-5-6-13-7-10(11)8-14/h3,5-8,12H,1,4,9H2,2H3. The smallest absolute Gasteiger partial charge is 0.151 e. The summed E-state index contributed by atoms with van der Waals surface area (Å²) in [5.74, 6) is 0. The molecule has 16 heavy (non-hydrogen) atoms. The number of carbonyl (C=O) groups is 1. The molecule has 0 aliphatic carbocycles. The van der Waals surface area contributed by atoms with E-state index in [0.29, 0.717) is 12.0 Å². The van der Waals surface area contributed by atoms with Crippen molar-refractivity contribution in [1.82, 2.24) is 4.98 Å². The van der Waals surface area contributed by atoms with Gasteiger partial charge in [-0.2, -0.15) is 0 Å². The van der Waals surface area contributed by atoms with Crippen molar-refractivity contribution in [3.8, 4) is 0 Å². The summed E-state index contributed by atoms with van der Waals surface area (Å²) < 4.78 is 10.3. The zero-order valence-electron chi connectivity index (χ0n) is 9.26. The summed E-state index contributed by atoms with van der Waals surface area (Å²) in [6, 6.07) is 1.77. The molecule has 0 aliphatic heterocycles. The van der Waals surface area contributed by atoms with Crippen molar-refractivity contribution in [3.05, 3.63) is 42.2 Å². The molecule has 86 valence electrons. The lowest BCUT2D eigenvalue weighted by molar-refractivity contribution is -0.0722. The maximum atomic E-state index is 10.9. The molecule has 1 heterocycles. The van der Waals surface area contributed by atoms with Gasteiger partial charge in [-0.25, -0.2) is 0 Å². The van der Waals surface area contributed by atoms with Crippen molar-refractivity contribution in [2.45, 2.75) is 12.5 Å². The van der Waals surface area contributed by atoms with Crippen LogP contribution in [-0.4, -0.2) is 25.2 Å². The molecule has 0 spiro atoms. The SMILES string of the molecule is C=CCC(OCOC)c1ccncc1C=O. The van der Waals surface area contributed by atoms with Crippen LogP contribution in [0.3, 0.4) is 0 Å². The van der Waals surface area contributed by atoms with Crippen LogP contribution in [0.25, 0.3) is 0 Å². The molecule has 1 aromatic rings. The molecule has 0 amide bonds. The van der Waals surface area contributed by atoms with E-state index in [1.165, 1.54) is 6.20 Å². The Hall–Kier alpha value is -1.52. The van der Waals surface area contributed by atoms with Crippen molar-refractivity contribution < 1.29 is 14.3 Å². The van der Waals surface area contributed by atoms with E-state index in [1.807, 2.05) is 0 Å². The fourth-order valence-corrected chi connectivity index (χ4v) is 1.40. The number of aromatic nitrogens is 1. The lowest BCUT2D eigenvalue weighted by atomic mass is 10.0. The van der Waals surface area contributed by atoms with Gasteiger partial charge in [-0.3, -0.25) is 9.78 Å². The van der Waals surface area contributed by atoms with E-state index < -0.39 is 0 Å². The second-order valence-electron chi connectivity index (χ2n) is 3.21. The lowest BCUT2D eigenvalue weighted by Crippen LogP contribution is -2.08. The third kappa shape index (κ3) is 3.25. The minimum absolute atomic E-state index is 0.180. The first-order valence-electron chi connectivity index (χ1n) is 4.94. The summed E-state index contributed by atoms with van der Waals surface area (Å²) >= 11 is 0. The normalized spacial score (nSPS) is 12.1. The number of hydrogen-bond donors (Lipinski definition) is 0. The van der Waals surface area contributed by atoms with Gasteiger partial charge < -0.3 is 9.47 Å². The molecule has 1 aromatic heterocycles. The maximum absolute atomic E-state index is 10.9. The van der Waals surface area contributed by atoms with Crippen LogP contribution in [0.2, 0.25) is 0 Å². The molecular weight excluding hydrogens is 206 g/mol. The monoisotopic (exact) mass is 221 g/mol. The van der Waals surface area contributed by atoms with Crippen LogP contribution in [0, 0.1) is 0 Å². The van der Waals surface area contributed by atoms with Crippen molar-refractivity contribution in [1.29, 1.82) is 0 Å². The molecule has 4 nitrogen and oxygen atoms in total. The van der Waals surface area contributed by atoms with Crippen LogP contribution < -0.4 is 0 Å². The first-order valence-corrected chi connectivity index (χ1v) is 4.94. The van der Waals surface area contributed by atoms with Gasteiger partial charge >= 0.3 is 0 Å². The van der Waals surface area contributed by atoms with Gasteiger partial charge in [0.1, 0.15) is 6.79 Å². The quantitative estimate of drug-likeness (QED) is 0.402. The van der Waals surface area contributed by atoms with Crippen LogP contribution >= 0.6 is 0 Å². The average molecular weight is 221 g/mol. The second kappa shape index (κ2) is 6.87. The van der Waals surface area contributed by atoms with Gasteiger partial charge in [-0.1, -0.05) is 6.08 Å². The first-order chi connectivity index (χ1) is 7.83. The largest absolute Gasteiger partial charge is 0.359 e. The molecule has 0 aromatic carbocycles. The van der Waals surface area contributed by atoms with E-state index in [1.54, 1.807) is 25.4 Å². The van der Waals surface area contributed by atoms with Gasteiger partial charge in [0.15, 0.2) is 6.29 Å². The Morgan fingerprint density at radius 3 is 3.06 bits per heavy atom. The summed E-state index contributed by atoms with van der Waals surface area (Å²) in [4.78, 5) is 14.8. The van der Waals surface area contributed by atoms with Crippen molar-refractivity contribution in [2.75, 3.05) is 13.9 Å². The zero-order valence-corrected chi connectivity index (χ0v) is 9.26. The topological polar surface area (TPSA) is 48.4 Å². The Labute approximate surface area is 94.9 Å². The van der Waals surface area contributed by atoms with Gasteiger partial charge in [-0.05, 0) is 18.1 Å². The van der Waals surface area contributed by atoms with Gasteiger partial charge in [0.2, 0.25) is 0 Å². The molecule has 1 rings (SSSR count). The molecule has 0 aliphatic rings. The first kappa shape index (κ1) is 12.5. The summed E-state index contributed by atoms with van der Waals surface area (Å²) in [5.41, 5.74) is 1.34. The summed E-state index contributed by atoms with van der Waals surface area (Å²) in [5, 5.41) is 0. The molecule has 0 saturated heterocycles. The maximum Gasteiger partial charge on any atom is 0.151 e. The van der Waals surface area contributed by atoms with E-state index in [-0.39, 0.29) is 12.9 Å². The molecule has 1 atom stereocenters. The highest BCUT2D eigenvalue weighted by Crippen LogP contribution is 2.23. The molecule has 0 fully saturated rings. The fourth-order valence-electron chi connectivity index (χ4n) is 1.40. The predicted octanol–water partition coefficient (Wildman–Crippen LogP) is 2.13. The van der Waals surface area contributed by atoms with Crippen LogP contribution in [0.4, 0.5) is 0 Å². The number of carbonyl (C=O) groups excluding carboxylic acids is 1. The molecule has 0 N–H and O–H groups in total. The third-order valence-corrected chi connectivity index (χ3v) is 2.13. The minimum atomic E-state index is -0.222. The van der Waals surface area contributed by atoms with Crippen LogP contribution in [0.15, 0.2) is 31.1 Å². The Morgan fingerprint density at radius 1 is 1.62 bits per heavy atom. The Kier molecular flexibility index (Phi) is 5.39. The predicted molar refractivity (Wildman–Crippen MR) is 60.1 cm³/mol. The van der Waals surface area contributed by atoms with Crippen molar-refractivity contribution in [2.24, 2.45) is 0 Å². The van der Waals surface area contributed by atoms with Gasteiger partial charge in [-0.15, -0.1) is 6.58 Å². The fraction of sp³-hybridized carbons (Fsp3) is 0.333. The van der Waals surface area contributed by atoms with Crippen LogP contribution in [0.1, 0.15) is 28.4 Å². The molecule has 4 heteroatoms. The number of ether oxygens (including phenoxy) is 2. The summed E-state index contributed by atoms with van der Waals surface area (Å²) in [6.07, 6.45) is 6.07. The van der Waals surface area contributed by atoms with E-state index in [0.717, 1.165) is 11.8 Å². The number of pyridine rings is 1. The van der Waals surface area contributed by atoms with Gasteiger partial charge in [0.05, 0.1) is 6.10 Å². The van der Waals surface area contributed by atoms with Gasteiger partial charge in [0, 0.05) is 25.1 Å². The van der Waals surface area contributed by atoms with E-state index in [9.17, 15) is 4.79 Å². The van der Waals surface area contributed by atoms with Crippen molar-refractivity contribution >= 4 is 6.29 Å². The minimum Gasteiger partial charge on any atom is -0.359 e. The third-order valence-electron chi connectivity index (χ3n) is 2.13. The number of rotatable bonds is 7. The molecule has 0 bridgehead atoms. The molecule has 0 radical (unpaired) electrons. The highest BCUT2D eigenvalue weighted by molar-refractivity contribution is 5.76. The Bertz CT molecular complexity index is 352. The number of aldehydes is 1. The Morgan fingerprint density at radius 2 is 2.44 bits per heavy atom. The summed E-state index contributed by atoms with van der Waals surface area (Å²) in [7, 11) is 1.55. The van der Waals surface area contributed by atoms with Gasteiger partial charge in [0.25, 0.3) is 0 Å². The summed E-state index contributed by atoms with van der Waals surface area (Å²) in [6.45, 7) is 3.84. The van der Waals surface area contributed by atoms with E-state index in [2.05, 4.69) is 11.6 Å². The lowest BCUT2D eigenvalue weighted by Gasteiger charge is -2.17. The van der Waals surface area contributed by atoms with E-state index in [4.69, 9.17) is 9.47 Å². The second-order valence-corrected chi connectivity index (χ2v) is 3.21. The Balaban J connectivity index is 2.89. The van der Waals surface area contributed by atoms with Crippen LogP contribution in [0.5, 0.6) is 0 Å². The number of methoxy groups -OCH3 is 1. The molecule has 0 saturated carbocycles. The number of hydrogen-bond acceptors (Lipinski definition) is 4. The average Bonchev–Trinajstić information content (AvgIpc) is 2.34. The van der Waals surface area contributed by atoms with Crippen molar-refractivity contribution in [3.63, 3.8) is 0 Å². The highest BCUT2D eigenvalue weighted by Gasteiger charge is 2.14. The zero-order chi connectivity index (χ0) is 11.8. The van der Waals surface area contributed by atoms with Crippen LogP contribution in [-0.2, 0) is 9.47 Å².